The molecule has 5 nitrogen and oxygen atoms in total. The van der Waals surface area contributed by atoms with Crippen LogP contribution in [0.2, 0.25) is 0 Å². The van der Waals surface area contributed by atoms with Gasteiger partial charge in [0, 0.05) is 24.9 Å². The van der Waals surface area contributed by atoms with Gasteiger partial charge in [-0.1, -0.05) is 6.07 Å². The highest BCUT2D eigenvalue weighted by atomic mass is 16.4. The Morgan fingerprint density at radius 1 is 1.56 bits per heavy atom. The molecule has 84 valence electrons. The average molecular weight is 220 g/mol. The van der Waals surface area contributed by atoms with Crippen LogP contribution in [0.5, 0.6) is 0 Å². The summed E-state index contributed by atoms with van der Waals surface area (Å²) in [6.45, 7) is 0.214. The lowest BCUT2D eigenvalue weighted by atomic mass is 9.91. The maximum absolute atomic E-state index is 11.5. The van der Waals surface area contributed by atoms with E-state index in [4.69, 9.17) is 5.11 Å². The minimum Gasteiger partial charge on any atom is -0.481 e. The summed E-state index contributed by atoms with van der Waals surface area (Å²) in [5.41, 5.74) is 0.746. The molecule has 1 aromatic heterocycles. The van der Waals surface area contributed by atoms with Crippen molar-refractivity contribution in [1.29, 1.82) is 0 Å². The standard InChI is InChI=1S/C11H12N2O3/c14-10-8(9(6-13-10)11(15)16)5-7-3-1-2-4-12-7/h1-4,8-9H,5-6H2,(H,13,14)(H,15,16). The average Bonchev–Trinajstić information content (AvgIpc) is 2.62. The van der Waals surface area contributed by atoms with E-state index in [-0.39, 0.29) is 12.5 Å². The van der Waals surface area contributed by atoms with Gasteiger partial charge in [0.25, 0.3) is 0 Å². The second-order valence-electron chi connectivity index (χ2n) is 3.82. The number of nitrogens with zero attached hydrogens (tertiary/aromatic N) is 1. The van der Waals surface area contributed by atoms with E-state index in [1.54, 1.807) is 18.3 Å². The van der Waals surface area contributed by atoms with Gasteiger partial charge in [0.1, 0.15) is 0 Å². The van der Waals surface area contributed by atoms with Crippen molar-refractivity contribution in [2.45, 2.75) is 6.42 Å². The van der Waals surface area contributed by atoms with Crippen molar-refractivity contribution in [3.63, 3.8) is 0 Å². The highest BCUT2D eigenvalue weighted by molar-refractivity contribution is 5.88. The molecular weight excluding hydrogens is 208 g/mol. The Hall–Kier alpha value is -1.91. The molecule has 1 saturated heterocycles. The van der Waals surface area contributed by atoms with Crippen LogP contribution in [0.15, 0.2) is 24.4 Å². The van der Waals surface area contributed by atoms with Gasteiger partial charge in [-0.15, -0.1) is 0 Å². The summed E-state index contributed by atoms with van der Waals surface area (Å²) in [6, 6.07) is 5.41. The fourth-order valence-corrected chi connectivity index (χ4v) is 1.91. The first kappa shape index (κ1) is 10.6. The largest absolute Gasteiger partial charge is 0.481 e. The van der Waals surface area contributed by atoms with Crippen molar-refractivity contribution < 1.29 is 14.7 Å². The van der Waals surface area contributed by atoms with Crippen LogP contribution in [-0.2, 0) is 16.0 Å². The van der Waals surface area contributed by atoms with Gasteiger partial charge in [0.05, 0.1) is 11.8 Å². The van der Waals surface area contributed by atoms with E-state index in [1.165, 1.54) is 0 Å². The molecule has 2 heterocycles. The van der Waals surface area contributed by atoms with Gasteiger partial charge in [0.2, 0.25) is 5.91 Å². The highest BCUT2D eigenvalue weighted by Crippen LogP contribution is 2.21. The van der Waals surface area contributed by atoms with Crippen molar-refractivity contribution in [3.8, 4) is 0 Å². The Morgan fingerprint density at radius 3 is 3.00 bits per heavy atom. The molecule has 0 aromatic carbocycles. The lowest BCUT2D eigenvalue weighted by molar-refractivity contribution is -0.143. The molecule has 0 aliphatic carbocycles. The lowest BCUT2D eigenvalue weighted by Crippen LogP contribution is -2.26. The Labute approximate surface area is 92.5 Å². The first-order valence-corrected chi connectivity index (χ1v) is 5.09. The van der Waals surface area contributed by atoms with Crippen molar-refractivity contribution >= 4 is 11.9 Å². The van der Waals surface area contributed by atoms with Gasteiger partial charge in [-0.2, -0.15) is 0 Å². The Morgan fingerprint density at radius 2 is 2.38 bits per heavy atom. The number of hydrogen-bond acceptors (Lipinski definition) is 3. The van der Waals surface area contributed by atoms with Crippen molar-refractivity contribution in [2.75, 3.05) is 6.54 Å². The third-order valence-corrected chi connectivity index (χ3v) is 2.79. The minimum atomic E-state index is -0.931. The van der Waals surface area contributed by atoms with E-state index in [9.17, 15) is 9.59 Å². The number of aliphatic carboxylic acids is 1. The molecule has 16 heavy (non-hydrogen) atoms. The second-order valence-corrected chi connectivity index (χ2v) is 3.82. The Bertz CT molecular complexity index is 405. The van der Waals surface area contributed by atoms with E-state index < -0.39 is 17.8 Å². The quantitative estimate of drug-likeness (QED) is 0.755. The molecule has 2 N–H and O–H groups in total. The summed E-state index contributed by atoms with van der Waals surface area (Å²) >= 11 is 0. The summed E-state index contributed by atoms with van der Waals surface area (Å²) in [4.78, 5) is 26.5. The van der Waals surface area contributed by atoms with Crippen LogP contribution in [0.25, 0.3) is 0 Å². The van der Waals surface area contributed by atoms with E-state index in [0.29, 0.717) is 6.42 Å². The number of pyridine rings is 1. The fourth-order valence-electron chi connectivity index (χ4n) is 1.91. The van der Waals surface area contributed by atoms with Gasteiger partial charge < -0.3 is 10.4 Å². The monoisotopic (exact) mass is 220 g/mol. The Kier molecular flexibility index (Phi) is 2.85. The number of amides is 1. The molecule has 1 aliphatic heterocycles. The van der Waals surface area contributed by atoms with Gasteiger partial charge in [-0.05, 0) is 12.1 Å². The predicted octanol–water partition coefficient (Wildman–Crippen LogP) is 0.0709. The highest BCUT2D eigenvalue weighted by Gasteiger charge is 2.39. The summed E-state index contributed by atoms with van der Waals surface area (Å²) in [7, 11) is 0. The molecular formula is C11H12N2O3. The molecule has 1 fully saturated rings. The van der Waals surface area contributed by atoms with Crippen LogP contribution < -0.4 is 5.32 Å². The normalized spacial score (nSPS) is 24.1. The number of rotatable bonds is 3. The number of carboxylic acids is 1. The van der Waals surface area contributed by atoms with Crippen LogP contribution in [-0.4, -0.2) is 28.5 Å². The summed E-state index contributed by atoms with van der Waals surface area (Å²) in [5, 5.41) is 11.5. The van der Waals surface area contributed by atoms with Crippen LogP contribution in [0.3, 0.4) is 0 Å². The summed E-state index contributed by atoms with van der Waals surface area (Å²) < 4.78 is 0. The number of aromatic nitrogens is 1. The first-order valence-electron chi connectivity index (χ1n) is 5.09. The molecule has 0 radical (unpaired) electrons. The molecule has 0 spiro atoms. The van der Waals surface area contributed by atoms with Crippen LogP contribution >= 0.6 is 0 Å². The molecule has 0 saturated carbocycles. The molecule has 0 bridgehead atoms. The minimum absolute atomic E-state index is 0.196. The van der Waals surface area contributed by atoms with E-state index in [0.717, 1.165) is 5.69 Å². The van der Waals surface area contributed by atoms with E-state index >= 15 is 0 Å². The smallest absolute Gasteiger partial charge is 0.309 e. The van der Waals surface area contributed by atoms with E-state index in [1.807, 2.05) is 6.07 Å². The molecule has 1 aliphatic rings. The third kappa shape index (κ3) is 2.03. The van der Waals surface area contributed by atoms with Gasteiger partial charge >= 0.3 is 5.97 Å². The van der Waals surface area contributed by atoms with Gasteiger partial charge in [-0.25, -0.2) is 0 Å². The zero-order valence-electron chi connectivity index (χ0n) is 8.59. The van der Waals surface area contributed by atoms with Gasteiger partial charge in [0.15, 0.2) is 0 Å². The molecule has 2 atom stereocenters. The number of nitrogens with one attached hydrogen (secondary N) is 1. The summed E-state index contributed by atoms with van der Waals surface area (Å²) in [6.07, 6.45) is 2.02. The maximum Gasteiger partial charge on any atom is 0.309 e. The SMILES string of the molecule is O=C(O)C1CNC(=O)C1Cc1ccccn1. The zero-order valence-corrected chi connectivity index (χ0v) is 8.59. The number of carbonyl (C=O) groups is 2. The fraction of sp³-hybridized carbons (Fsp3) is 0.364. The van der Waals surface area contributed by atoms with E-state index in [2.05, 4.69) is 10.3 Å². The maximum atomic E-state index is 11.5. The summed E-state index contributed by atoms with van der Waals surface area (Å²) in [5.74, 6) is -2.28. The zero-order chi connectivity index (χ0) is 11.5. The molecule has 1 aromatic rings. The topological polar surface area (TPSA) is 79.3 Å². The number of carbonyl (C=O) groups excluding carboxylic acids is 1. The van der Waals surface area contributed by atoms with Gasteiger partial charge in [-0.3, -0.25) is 14.6 Å². The second kappa shape index (κ2) is 4.30. The first-order chi connectivity index (χ1) is 7.68. The third-order valence-electron chi connectivity index (χ3n) is 2.79. The molecule has 2 unspecified atom stereocenters. The van der Waals surface area contributed by atoms with Crippen molar-refractivity contribution in [3.05, 3.63) is 30.1 Å². The van der Waals surface area contributed by atoms with Crippen LogP contribution in [0.4, 0.5) is 0 Å². The Balaban J connectivity index is 2.13. The molecule has 1 amide bonds. The van der Waals surface area contributed by atoms with Crippen molar-refractivity contribution in [2.24, 2.45) is 11.8 Å². The van der Waals surface area contributed by atoms with Crippen LogP contribution in [0.1, 0.15) is 5.69 Å². The van der Waals surface area contributed by atoms with Crippen LogP contribution in [0, 0.1) is 11.8 Å². The number of carboxylic acid groups (broad SMARTS) is 1. The molecule has 5 heteroatoms. The molecule has 2 rings (SSSR count). The lowest BCUT2D eigenvalue weighted by Gasteiger charge is -2.11. The number of hydrogen-bond donors (Lipinski definition) is 2. The van der Waals surface area contributed by atoms with Crippen molar-refractivity contribution in [1.82, 2.24) is 10.3 Å². The predicted molar refractivity (Wildman–Crippen MR) is 55.6 cm³/mol.